The zero-order valence-electron chi connectivity index (χ0n) is 12.6. The molecule has 0 fully saturated rings. The summed E-state index contributed by atoms with van der Waals surface area (Å²) in [6.07, 6.45) is 2.64. The van der Waals surface area contributed by atoms with Crippen molar-refractivity contribution in [3.63, 3.8) is 0 Å². The summed E-state index contributed by atoms with van der Waals surface area (Å²) in [6.45, 7) is 6.72. The van der Waals surface area contributed by atoms with Crippen molar-refractivity contribution >= 4 is 17.5 Å². The minimum Gasteiger partial charge on any atom is -0.369 e. The number of hydrogen-bond acceptors (Lipinski definition) is 4. The van der Waals surface area contributed by atoms with Gasteiger partial charge in [0.05, 0.1) is 5.56 Å². The molecule has 2 rings (SSSR count). The number of pyridine rings is 2. The Morgan fingerprint density at radius 3 is 2.81 bits per heavy atom. The Morgan fingerprint density at radius 2 is 2.10 bits per heavy atom. The van der Waals surface area contributed by atoms with Gasteiger partial charge in [-0.05, 0) is 50.1 Å². The molecule has 0 aliphatic rings. The molecular formula is C16H20N4O. The highest BCUT2D eigenvalue weighted by Crippen LogP contribution is 2.15. The van der Waals surface area contributed by atoms with Gasteiger partial charge in [0.2, 0.25) is 0 Å². The molecule has 0 aromatic carbocycles. The Labute approximate surface area is 124 Å². The average molecular weight is 284 g/mol. The number of carbonyl (C=O) groups excluding carboxylic acids is 1. The van der Waals surface area contributed by atoms with Crippen molar-refractivity contribution in [1.82, 2.24) is 9.97 Å². The van der Waals surface area contributed by atoms with Gasteiger partial charge in [-0.3, -0.25) is 4.79 Å². The van der Waals surface area contributed by atoms with Gasteiger partial charge in [0.15, 0.2) is 0 Å². The number of aromatic nitrogens is 2. The van der Waals surface area contributed by atoms with Crippen molar-refractivity contribution < 1.29 is 4.79 Å². The highest BCUT2D eigenvalue weighted by Gasteiger charge is 2.12. The van der Waals surface area contributed by atoms with Gasteiger partial charge in [-0.25, -0.2) is 9.97 Å². The molecule has 2 aromatic heterocycles. The number of amides is 1. The van der Waals surface area contributed by atoms with Crippen molar-refractivity contribution in [1.29, 1.82) is 0 Å². The molecule has 1 amide bonds. The highest BCUT2D eigenvalue weighted by atomic mass is 16.1. The molecule has 0 aliphatic carbocycles. The predicted octanol–water partition coefficient (Wildman–Crippen LogP) is 3.17. The van der Waals surface area contributed by atoms with E-state index in [1.807, 2.05) is 26.0 Å². The van der Waals surface area contributed by atoms with Crippen LogP contribution in [0.2, 0.25) is 0 Å². The predicted molar refractivity (Wildman–Crippen MR) is 84.7 cm³/mol. The minimum absolute atomic E-state index is 0.209. The number of anilines is 2. The van der Waals surface area contributed by atoms with Gasteiger partial charge < -0.3 is 10.6 Å². The van der Waals surface area contributed by atoms with Gasteiger partial charge in [0.25, 0.3) is 5.91 Å². The Kier molecular flexibility index (Phi) is 4.87. The van der Waals surface area contributed by atoms with Crippen LogP contribution in [0.4, 0.5) is 11.6 Å². The van der Waals surface area contributed by atoms with Crippen LogP contribution in [0.3, 0.4) is 0 Å². The summed E-state index contributed by atoms with van der Waals surface area (Å²) in [6, 6.07) is 7.32. The Morgan fingerprint density at radius 1 is 1.29 bits per heavy atom. The molecule has 0 aliphatic heterocycles. The Hall–Kier alpha value is -2.43. The van der Waals surface area contributed by atoms with Gasteiger partial charge >= 0.3 is 0 Å². The van der Waals surface area contributed by atoms with E-state index in [-0.39, 0.29) is 5.91 Å². The number of nitrogens with zero attached hydrogens (tertiary/aromatic N) is 2. The first-order chi connectivity index (χ1) is 10.1. The standard InChI is InChI=1S/C16H20N4O/c1-4-7-17-15-13(6-5-8-18-15)16(21)20-14-10-11(2)9-12(3)19-14/h5-6,8-10H,4,7H2,1-3H3,(H,17,18)(H,19,20,21). The fraction of sp³-hybridized carbons (Fsp3) is 0.312. The maximum absolute atomic E-state index is 12.4. The van der Waals surface area contributed by atoms with Gasteiger partial charge in [0.1, 0.15) is 11.6 Å². The molecule has 2 heterocycles. The van der Waals surface area contributed by atoms with Crippen molar-refractivity contribution in [3.05, 3.63) is 47.3 Å². The topological polar surface area (TPSA) is 66.9 Å². The maximum Gasteiger partial charge on any atom is 0.260 e. The average Bonchev–Trinajstić information content (AvgIpc) is 2.44. The number of nitrogens with one attached hydrogen (secondary N) is 2. The first-order valence-electron chi connectivity index (χ1n) is 7.05. The number of rotatable bonds is 5. The molecule has 5 heteroatoms. The number of carbonyl (C=O) groups is 1. The SMILES string of the molecule is CCCNc1ncccc1C(=O)Nc1cc(C)cc(C)n1. The van der Waals surface area contributed by atoms with Crippen LogP contribution in [-0.4, -0.2) is 22.4 Å². The molecule has 2 aromatic rings. The minimum atomic E-state index is -0.209. The third-order valence-electron chi connectivity index (χ3n) is 2.93. The smallest absolute Gasteiger partial charge is 0.260 e. The lowest BCUT2D eigenvalue weighted by Gasteiger charge is -2.11. The summed E-state index contributed by atoms with van der Waals surface area (Å²) >= 11 is 0. The van der Waals surface area contributed by atoms with E-state index < -0.39 is 0 Å². The second kappa shape index (κ2) is 6.83. The van der Waals surface area contributed by atoms with Crippen molar-refractivity contribution in [3.8, 4) is 0 Å². The lowest BCUT2D eigenvalue weighted by atomic mass is 10.2. The quantitative estimate of drug-likeness (QED) is 0.885. The molecule has 0 spiro atoms. The summed E-state index contributed by atoms with van der Waals surface area (Å²) in [5.41, 5.74) is 2.46. The molecule has 2 N–H and O–H groups in total. The molecule has 0 unspecified atom stereocenters. The van der Waals surface area contributed by atoms with Crippen molar-refractivity contribution in [2.24, 2.45) is 0 Å². The molecule has 21 heavy (non-hydrogen) atoms. The third-order valence-corrected chi connectivity index (χ3v) is 2.93. The zero-order chi connectivity index (χ0) is 15.2. The maximum atomic E-state index is 12.4. The van der Waals surface area contributed by atoms with Gasteiger partial charge in [-0.1, -0.05) is 6.92 Å². The van der Waals surface area contributed by atoms with E-state index in [1.165, 1.54) is 0 Å². The summed E-state index contributed by atoms with van der Waals surface area (Å²) in [5.74, 6) is 0.947. The summed E-state index contributed by atoms with van der Waals surface area (Å²) in [4.78, 5) is 20.9. The van der Waals surface area contributed by atoms with E-state index >= 15 is 0 Å². The number of hydrogen-bond donors (Lipinski definition) is 2. The van der Waals surface area contributed by atoms with E-state index in [2.05, 4.69) is 27.5 Å². The lowest BCUT2D eigenvalue weighted by Crippen LogP contribution is -2.17. The van der Waals surface area contributed by atoms with E-state index in [0.717, 1.165) is 24.2 Å². The van der Waals surface area contributed by atoms with Crippen molar-refractivity contribution in [2.45, 2.75) is 27.2 Å². The first kappa shape index (κ1) is 15.0. The van der Waals surface area contributed by atoms with Crippen LogP contribution in [-0.2, 0) is 0 Å². The molecule has 5 nitrogen and oxygen atoms in total. The van der Waals surface area contributed by atoms with Crippen LogP contribution in [0.25, 0.3) is 0 Å². The summed E-state index contributed by atoms with van der Waals surface area (Å²) in [5, 5.41) is 5.99. The molecule has 0 saturated carbocycles. The van der Waals surface area contributed by atoms with Crippen LogP contribution in [0, 0.1) is 13.8 Å². The monoisotopic (exact) mass is 284 g/mol. The Balaban J connectivity index is 2.20. The van der Waals surface area contributed by atoms with Crippen molar-refractivity contribution in [2.75, 3.05) is 17.2 Å². The molecule has 0 saturated heterocycles. The summed E-state index contributed by atoms with van der Waals surface area (Å²) < 4.78 is 0. The van der Waals surface area contributed by atoms with Crippen LogP contribution in [0.1, 0.15) is 35.0 Å². The van der Waals surface area contributed by atoms with E-state index in [9.17, 15) is 4.79 Å². The fourth-order valence-electron chi connectivity index (χ4n) is 2.06. The first-order valence-corrected chi connectivity index (χ1v) is 7.05. The van der Waals surface area contributed by atoms with Crippen LogP contribution in [0.15, 0.2) is 30.5 Å². The molecule has 0 radical (unpaired) electrons. The summed E-state index contributed by atoms with van der Waals surface area (Å²) in [7, 11) is 0. The van der Waals surface area contributed by atoms with Gasteiger partial charge in [-0.2, -0.15) is 0 Å². The van der Waals surface area contributed by atoms with Crippen LogP contribution >= 0.6 is 0 Å². The normalized spacial score (nSPS) is 10.2. The van der Waals surface area contributed by atoms with E-state index in [1.54, 1.807) is 18.3 Å². The largest absolute Gasteiger partial charge is 0.369 e. The zero-order valence-corrected chi connectivity index (χ0v) is 12.6. The molecule has 0 bridgehead atoms. The van der Waals surface area contributed by atoms with Gasteiger partial charge in [0, 0.05) is 18.4 Å². The second-order valence-corrected chi connectivity index (χ2v) is 4.95. The molecule has 110 valence electrons. The third kappa shape index (κ3) is 4.02. The number of aryl methyl sites for hydroxylation is 2. The Bertz CT molecular complexity index is 620. The fourth-order valence-corrected chi connectivity index (χ4v) is 2.06. The molecule has 0 atom stereocenters. The lowest BCUT2D eigenvalue weighted by molar-refractivity contribution is 0.102. The highest BCUT2D eigenvalue weighted by molar-refractivity contribution is 6.07. The molecular weight excluding hydrogens is 264 g/mol. The van der Waals surface area contributed by atoms with Gasteiger partial charge in [-0.15, -0.1) is 0 Å². The van der Waals surface area contributed by atoms with E-state index in [0.29, 0.717) is 17.2 Å². The van der Waals surface area contributed by atoms with Crippen LogP contribution < -0.4 is 10.6 Å². The second-order valence-electron chi connectivity index (χ2n) is 4.95. The van der Waals surface area contributed by atoms with E-state index in [4.69, 9.17) is 0 Å². The van der Waals surface area contributed by atoms with Crippen LogP contribution in [0.5, 0.6) is 0 Å².